The van der Waals surface area contributed by atoms with Crippen LogP contribution < -0.4 is 10.1 Å². The zero-order valence-corrected chi connectivity index (χ0v) is 21.2. The van der Waals surface area contributed by atoms with Gasteiger partial charge in [0.05, 0.1) is 12.3 Å². The van der Waals surface area contributed by atoms with E-state index in [9.17, 15) is 14.0 Å². The molecule has 0 aromatic heterocycles. The molecule has 186 valence electrons. The van der Waals surface area contributed by atoms with Crippen LogP contribution in [0.5, 0.6) is 5.75 Å². The Balaban J connectivity index is 1.54. The van der Waals surface area contributed by atoms with Crippen LogP contribution in [0.1, 0.15) is 18.9 Å². The maximum absolute atomic E-state index is 14.2. The highest BCUT2D eigenvalue weighted by atomic mass is 35.5. The van der Waals surface area contributed by atoms with Gasteiger partial charge >= 0.3 is 0 Å². The summed E-state index contributed by atoms with van der Waals surface area (Å²) in [4.78, 5) is 32.4. The fraction of sp³-hybridized carbons (Fsp3) is 0.222. The van der Waals surface area contributed by atoms with Crippen molar-refractivity contribution in [3.63, 3.8) is 0 Å². The van der Waals surface area contributed by atoms with Crippen LogP contribution in [0, 0.1) is 5.82 Å². The third-order valence-corrected chi connectivity index (χ3v) is 6.90. The first-order valence-corrected chi connectivity index (χ1v) is 12.8. The number of carbonyl (C=O) groups is 2. The van der Waals surface area contributed by atoms with Crippen molar-refractivity contribution in [3.05, 3.63) is 89.2 Å². The third kappa shape index (κ3) is 6.65. The van der Waals surface area contributed by atoms with E-state index in [1.54, 1.807) is 60.7 Å². The van der Waals surface area contributed by atoms with Crippen LogP contribution in [-0.4, -0.2) is 40.3 Å². The zero-order chi connectivity index (χ0) is 25.5. The Kier molecular flexibility index (Phi) is 8.61. The van der Waals surface area contributed by atoms with E-state index in [2.05, 4.69) is 10.3 Å². The summed E-state index contributed by atoms with van der Waals surface area (Å²) in [7, 11) is 0. The topological polar surface area (TPSA) is 71.0 Å². The van der Waals surface area contributed by atoms with Gasteiger partial charge in [-0.25, -0.2) is 9.38 Å². The fourth-order valence-corrected chi connectivity index (χ4v) is 4.92. The highest BCUT2D eigenvalue weighted by Gasteiger charge is 2.36. The van der Waals surface area contributed by atoms with Gasteiger partial charge in [0, 0.05) is 29.7 Å². The van der Waals surface area contributed by atoms with E-state index in [1.807, 2.05) is 13.0 Å². The summed E-state index contributed by atoms with van der Waals surface area (Å²) in [6, 6.07) is 20.4. The minimum atomic E-state index is -0.677. The van der Waals surface area contributed by atoms with Crippen molar-refractivity contribution in [2.45, 2.75) is 25.0 Å². The van der Waals surface area contributed by atoms with Crippen molar-refractivity contribution in [2.75, 3.05) is 18.5 Å². The second kappa shape index (κ2) is 12.1. The number of hydrogen-bond donors (Lipinski definition) is 1. The molecule has 0 saturated carbocycles. The summed E-state index contributed by atoms with van der Waals surface area (Å²) >= 11 is 7.20. The highest BCUT2D eigenvalue weighted by molar-refractivity contribution is 8.15. The number of rotatable bonds is 8. The Morgan fingerprint density at radius 1 is 1.17 bits per heavy atom. The minimum Gasteiger partial charge on any atom is -0.494 e. The molecule has 6 nitrogen and oxygen atoms in total. The molecule has 0 radical (unpaired) electrons. The van der Waals surface area contributed by atoms with Crippen LogP contribution in [0.4, 0.5) is 15.8 Å². The first kappa shape index (κ1) is 25.7. The van der Waals surface area contributed by atoms with Crippen molar-refractivity contribution in [2.24, 2.45) is 4.99 Å². The van der Waals surface area contributed by atoms with Crippen molar-refractivity contribution in [1.29, 1.82) is 0 Å². The van der Waals surface area contributed by atoms with Gasteiger partial charge in [-0.15, -0.1) is 0 Å². The van der Waals surface area contributed by atoms with Crippen molar-refractivity contribution in [1.82, 2.24) is 4.90 Å². The number of thioether (sulfide) groups is 1. The molecular weight excluding hydrogens is 501 g/mol. The second-order valence-electron chi connectivity index (χ2n) is 8.02. The molecule has 0 spiro atoms. The molecule has 4 rings (SSSR count). The van der Waals surface area contributed by atoms with E-state index >= 15 is 0 Å². The van der Waals surface area contributed by atoms with Gasteiger partial charge in [-0.05, 0) is 61.4 Å². The van der Waals surface area contributed by atoms with Crippen molar-refractivity contribution in [3.8, 4) is 5.75 Å². The van der Waals surface area contributed by atoms with Crippen molar-refractivity contribution >= 4 is 51.7 Å². The molecule has 3 aromatic rings. The van der Waals surface area contributed by atoms with Crippen LogP contribution in [0.3, 0.4) is 0 Å². The SMILES string of the molecule is CCOc1cccc(NC(=O)C2CC(=O)N(CCc3ccccc3F)C(=Nc3ccc(Cl)cc3)S2)c1. The lowest BCUT2D eigenvalue weighted by Crippen LogP contribution is -2.46. The molecule has 1 heterocycles. The standard InChI is InChI=1S/C27H25ClFN3O3S/c1-2-35-22-8-5-7-21(16-22)30-26(34)24-17-25(33)32(15-14-18-6-3-4-9-23(18)29)27(36-24)31-20-12-10-19(28)11-13-20/h3-13,16,24H,2,14-15,17H2,1H3,(H,30,34). The number of anilines is 1. The molecule has 1 N–H and O–H groups in total. The van der Waals surface area contributed by atoms with E-state index in [0.29, 0.717) is 45.9 Å². The molecule has 1 unspecified atom stereocenters. The molecule has 1 fully saturated rings. The number of benzene rings is 3. The highest BCUT2D eigenvalue weighted by Crippen LogP contribution is 2.31. The number of amides is 2. The Morgan fingerprint density at radius 3 is 2.69 bits per heavy atom. The van der Waals surface area contributed by atoms with Gasteiger partial charge in [0.1, 0.15) is 16.8 Å². The summed E-state index contributed by atoms with van der Waals surface area (Å²) in [5, 5.41) is 3.14. The third-order valence-electron chi connectivity index (χ3n) is 5.46. The number of amidine groups is 1. The molecule has 1 atom stereocenters. The number of nitrogens with zero attached hydrogens (tertiary/aromatic N) is 2. The molecule has 36 heavy (non-hydrogen) atoms. The summed E-state index contributed by atoms with van der Waals surface area (Å²) in [5.74, 6) is -0.232. The van der Waals surface area contributed by atoms with E-state index in [4.69, 9.17) is 16.3 Å². The van der Waals surface area contributed by atoms with Gasteiger partial charge in [-0.3, -0.25) is 14.5 Å². The van der Waals surface area contributed by atoms with Gasteiger partial charge in [0.2, 0.25) is 11.8 Å². The van der Waals surface area contributed by atoms with Crippen LogP contribution in [-0.2, 0) is 16.0 Å². The van der Waals surface area contributed by atoms with E-state index in [1.165, 1.54) is 22.7 Å². The smallest absolute Gasteiger partial charge is 0.238 e. The zero-order valence-electron chi connectivity index (χ0n) is 19.6. The van der Waals surface area contributed by atoms with Crippen LogP contribution in [0.15, 0.2) is 77.8 Å². The number of nitrogens with one attached hydrogen (secondary N) is 1. The summed E-state index contributed by atoms with van der Waals surface area (Å²) < 4.78 is 19.7. The monoisotopic (exact) mass is 525 g/mol. The Morgan fingerprint density at radius 2 is 1.94 bits per heavy atom. The number of carbonyl (C=O) groups excluding carboxylic acids is 2. The molecule has 1 aliphatic heterocycles. The predicted octanol–water partition coefficient (Wildman–Crippen LogP) is 6.08. The van der Waals surface area contributed by atoms with E-state index in [0.717, 1.165) is 0 Å². The lowest BCUT2D eigenvalue weighted by atomic mass is 10.1. The molecular formula is C27H25ClFN3O3S. The molecule has 0 bridgehead atoms. The van der Waals surface area contributed by atoms with Crippen LogP contribution in [0.2, 0.25) is 5.02 Å². The lowest BCUT2D eigenvalue weighted by molar-refractivity contribution is -0.129. The maximum Gasteiger partial charge on any atom is 0.238 e. The quantitative estimate of drug-likeness (QED) is 0.387. The Labute approximate surface area is 218 Å². The predicted molar refractivity (Wildman–Crippen MR) is 143 cm³/mol. The maximum atomic E-state index is 14.2. The van der Waals surface area contributed by atoms with Crippen LogP contribution in [0.25, 0.3) is 0 Å². The number of hydrogen-bond acceptors (Lipinski definition) is 5. The molecule has 9 heteroatoms. The molecule has 2 amide bonds. The van der Waals surface area contributed by atoms with Gasteiger partial charge in [-0.2, -0.15) is 0 Å². The number of aliphatic imine (C=N–C) groups is 1. The van der Waals surface area contributed by atoms with Gasteiger partial charge < -0.3 is 10.1 Å². The normalized spacial score (nSPS) is 16.8. The Hall–Kier alpha value is -3.36. The van der Waals surface area contributed by atoms with E-state index < -0.39 is 5.25 Å². The molecule has 3 aromatic carbocycles. The van der Waals surface area contributed by atoms with E-state index in [-0.39, 0.29) is 30.6 Å². The number of ether oxygens (including phenoxy) is 1. The Bertz CT molecular complexity index is 1270. The fourth-order valence-electron chi connectivity index (χ4n) is 3.67. The first-order valence-electron chi connectivity index (χ1n) is 11.5. The first-order chi connectivity index (χ1) is 17.4. The summed E-state index contributed by atoms with van der Waals surface area (Å²) in [5.41, 5.74) is 1.68. The van der Waals surface area contributed by atoms with Crippen molar-refractivity contribution < 1.29 is 18.7 Å². The number of halogens is 2. The molecule has 1 aliphatic rings. The molecule has 0 aliphatic carbocycles. The van der Waals surface area contributed by atoms with Gasteiger partial charge in [0.25, 0.3) is 0 Å². The van der Waals surface area contributed by atoms with Crippen LogP contribution >= 0.6 is 23.4 Å². The second-order valence-corrected chi connectivity index (χ2v) is 9.62. The molecule has 1 saturated heterocycles. The minimum absolute atomic E-state index is 0.00143. The van der Waals surface area contributed by atoms with Gasteiger partial charge in [-0.1, -0.05) is 47.6 Å². The lowest BCUT2D eigenvalue weighted by Gasteiger charge is -2.32. The van der Waals surface area contributed by atoms with Gasteiger partial charge in [0.15, 0.2) is 5.17 Å². The summed E-state index contributed by atoms with van der Waals surface area (Å²) in [6.07, 6.45) is 0.318. The largest absolute Gasteiger partial charge is 0.494 e. The average molecular weight is 526 g/mol. The summed E-state index contributed by atoms with van der Waals surface area (Å²) in [6.45, 7) is 2.64. The average Bonchev–Trinajstić information content (AvgIpc) is 2.86.